The van der Waals surface area contributed by atoms with Gasteiger partial charge in [-0.1, -0.05) is 0 Å². The van der Waals surface area contributed by atoms with Crippen molar-refractivity contribution in [1.29, 1.82) is 0 Å². The predicted octanol–water partition coefficient (Wildman–Crippen LogP) is 2.16. The van der Waals surface area contributed by atoms with E-state index in [4.69, 9.17) is 10.5 Å². The molecule has 0 spiro atoms. The lowest BCUT2D eigenvalue weighted by Gasteiger charge is -2.06. The van der Waals surface area contributed by atoms with Gasteiger partial charge in [-0.15, -0.1) is 0 Å². The molecule has 4 nitrogen and oxygen atoms in total. The highest BCUT2D eigenvalue weighted by Gasteiger charge is 2.00. The molecule has 0 saturated carbocycles. The number of nitrogens with zero attached hydrogens (tertiary/aromatic N) is 1. The number of benzene rings is 1. The van der Waals surface area contributed by atoms with Gasteiger partial charge in [-0.05, 0) is 24.3 Å². The molecule has 0 saturated heterocycles. The summed E-state index contributed by atoms with van der Waals surface area (Å²) in [5.74, 6) is 1.15. The Morgan fingerprint density at radius 3 is 2.73 bits per heavy atom. The van der Waals surface area contributed by atoms with E-state index in [0.29, 0.717) is 17.2 Å². The Balaban J connectivity index is 2.22. The molecule has 1 aromatic heterocycles. The average molecular weight is 202 g/mol. The SMILES string of the molecule is Nc1ccc(Oc2cccnc2)cc1O. The molecule has 76 valence electrons. The van der Waals surface area contributed by atoms with Crippen LogP contribution in [0.3, 0.4) is 0 Å². The maximum atomic E-state index is 9.36. The summed E-state index contributed by atoms with van der Waals surface area (Å²) in [5, 5.41) is 9.36. The molecule has 1 heterocycles. The number of hydrogen-bond donors (Lipinski definition) is 2. The second kappa shape index (κ2) is 3.88. The Morgan fingerprint density at radius 1 is 1.20 bits per heavy atom. The summed E-state index contributed by atoms with van der Waals surface area (Å²) in [5.41, 5.74) is 5.79. The number of nitrogen functional groups attached to an aromatic ring is 1. The molecular weight excluding hydrogens is 192 g/mol. The minimum Gasteiger partial charge on any atom is -0.506 e. The Kier molecular flexibility index (Phi) is 2.41. The number of phenols is 1. The van der Waals surface area contributed by atoms with Gasteiger partial charge in [0.25, 0.3) is 0 Å². The molecule has 0 aliphatic heterocycles. The Labute approximate surface area is 87.0 Å². The molecule has 0 radical (unpaired) electrons. The molecule has 0 bridgehead atoms. The van der Waals surface area contributed by atoms with Gasteiger partial charge in [0.2, 0.25) is 0 Å². The van der Waals surface area contributed by atoms with E-state index in [0.717, 1.165) is 0 Å². The lowest BCUT2D eigenvalue weighted by Crippen LogP contribution is -1.88. The van der Waals surface area contributed by atoms with Crippen molar-refractivity contribution in [2.75, 3.05) is 5.73 Å². The minimum absolute atomic E-state index is 0.0105. The van der Waals surface area contributed by atoms with Crippen molar-refractivity contribution < 1.29 is 9.84 Å². The first-order valence-electron chi connectivity index (χ1n) is 4.42. The monoisotopic (exact) mass is 202 g/mol. The zero-order valence-corrected chi connectivity index (χ0v) is 7.92. The molecule has 0 atom stereocenters. The first-order chi connectivity index (χ1) is 7.25. The van der Waals surface area contributed by atoms with Crippen LogP contribution in [0.25, 0.3) is 0 Å². The van der Waals surface area contributed by atoms with Crippen LogP contribution in [0.1, 0.15) is 0 Å². The van der Waals surface area contributed by atoms with Crippen LogP contribution in [-0.4, -0.2) is 10.1 Å². The Morgan fingerprint density at radius 2 is 2.07 bits per heavy atom. The van der Waals surface area contributed by atoms with Crippen molar-refractivity contribution in [2.24, 2.45) is 0 Å². The molecule has 2 aromatic rings. The first kappa shape index (κ1) is 9.33. The van der Waals surface area contributed by atoms with Crippen LogP contribution in [-0.2, 0) is 0 Å². The standard InChI is InChI=1S/C11H10N2O2/c12-10-4-3-8(6-11(10)14)15-9-2-1-5-13-7-9/h1-7,14H,12H2. The fourth-order valence-corrected chi connectivity index (χ4v) is 1.13. The van der Waals surface area contributed by atoms with E-state index in [1.165, 1.54) is 6.07 Å². The van der Waals surface area contributed by atoms with Crippen molar-refractivity contribution in [3.05, 3.63) is 42.7 Å². The smallest absolute Gasteiger partial charge is 0.145 e. The Bertz CT molecular complexity index is 457. The summed E-state index contributed by atoms with van der Waals surface area (Å²) in [4.78, 5) is 3.91. The van der Waals surface area contributed by atoms with Crippen LogP contribution in [0.15, 0.2) is 42.7 Å². The van der Waals surface area contributed by atoms with Crippen molar-refractivity contribution in [2.45, 2.75) is 0 Å². The van der Waals surface area contributed by atoms with Gasteiger partial charge in [-0.2, -0.15) is 0 Å². The quantitative estimate of drug-likeness (QED) is 0.578. The summed E-state index contributed by atoms with van der Waals surface area (Å²) in [7, 11) is 0. The zero-order valence-electron chi connectivity index (χ0n) is 7.92. The van der Waals surface area contributed by atoms with E-state index in [2.05, 4.69) is 4.98 Å². The number of ether oxygens (including phenoxy) is 1. The lowest BCUT2D eigenvalue weighted by atomic mass is 10.3. The number of aromatic hydroxyl groups is 1. The van der Waals surface area contributed by atoms with Gasteiger partial charge in [0, 0.05) is 12.3 Å². The number of nitrogens with two attached hydrogens (primary N) is 1. The molecule has 0 fully saturated rings. The van der Waals surface area contributed by atoms with Gasteiger partial charge in [0.1, 0.15) is 17.2 Å². The maximum absolute atomic E-state index is 9.36. The molecule has 2 rings (SSSR count). The van der Waals surface area contributed by atoms with Crippen LogP contribution < -0.4 is 10.5 Å². The van der Waals surface area contributed by atoms with Gasteiger partial charge in [0.05, 0.1) is 11.9 Å². The zero-order chi connectivity index (χ0) is 10.7. The summed E-state index contributed by atoms with van der Waals surface area (Å²) in [6, 6.07) is 8.28. The van der Waals surface area contributed by atoms with E-state index < -0.39 is 0 Å². The number of aromatic nitrogens is 1. The highest BCUT2D eigenvalue weighted by atomic mass is 16.5. The molecular formula is C11H10N2O2. The van der Waals surface area contributed by atoms with E-state index in [-0.39, 0.29) is 5.75 Å². The first-order valence-corrected chi connectivity index (χ1v) is 4.42. The van der Waals surface area contributed by atoms with Crippen LogP contribution >= 0.6 is 0 Å². The predicted molar refractivity (Wildman–Crippen MR) is 56.8 cm³/mol. The van der Waals surface area contributed by atoms with Crippen molar-refractivity contribution in [1.82, 2.24) is 4.98 Å². The lowest BCUT2D eigenvalue weighted by molar-refractivity contribution is 0.456. The number of anilines is 1. The van der Waals surface area contributed by atoms with Gasteiger partial charge >= 0.3 is 0 Å². The number of pyridine rings is 1. The highest BCUT2D eigenvalue weighted by Crippen LogP contribution is 2.28. The fourth-order valence-electron chi connectivity index (χ4n) is 1.13. The molecule has 3 N–H and O–H groups in total. The third-order valence-corrected chi connectivity index (χ3v) is 1.87. The fraction of sp³-hybridized carbons (Fsp3) is 0. The van der Waals surface area contributed by atoms with Crippen LogP contribution in [0.2, 0.25) is 0 Å². The molecule has 1 aromatic carbocycles. The van der Waals surface area contributed by atoms with Gasteiger partial charge in [-0.25, -0.2) is 0 Å². The van der Waals surface area contributed by atoms with E-state index >= 15 is 0 Å². The molecule has 0 unspecified atom stereocenters. The third kappa shape index (κ3) is 2.17. The van der Waals surface area contributed by atoms with Crippen molar-refractivity contribution in [3.8, 4) is 17.2 Å². The normalized spacial score (nSPS) is 9.87. The molecule has 4 heteroatoms. The minimum atomic E-state index is 0.0105. The molecule has 0 aliphatic rings. The van der Waals surface area contributed by atoms with Crippen LogP contribution in [0.4, 0.5) is 5.69 Å². The number of phenolic OH excluding ortho intramolecular Hbond substituents is 1. The summed E-state index contributed by atoms with van der Waals surface area (Å²) < 4.78 is 5.44. The van der Waals surface area contributed by atoms with Crippen molar-refractivity contribution >= 4 is 5.69 Å². The van der Waals surface area contributed by atoms with Crippen molar-refractivity contribution in [3.63, 3.8) is 0 Å². The van der Waals surface area contributed by atoms with E-state index in [1.54, 1.807) is 36.7 Å². The van der Waals surface area contributed by atoms with Crippen LogP contribution in [0.5, 0.6) is 17.2 Å². The summed E-state index contributed by atoms with van der Waals surface area (Å²) in [6.45, 7) is 0. The average Bonchev–Trinajstić information content (AvgIpc) is 2.25. The number of rotatable bonds is 2. The van der Waals surface area contributed by atoms with Gasteiger partial charge < -0.3 is 15.6 Å². The summed E-state index contributed by atoms with van der Waals surface area (Å²) >= 11 is 0. The molecule has 0 aliphatic carbocycles. The largest absolute Gasteiger partial charge is 0.506 e. The highest BCUT2D eigenvalue weighted by molar-refractivity contribution is 5.55. The Hall–Kier alpha value is -2.23. The van der Waals surface area contributed by atoms with Gasteiger partial charge in [-0.3, -0.25) is 4.98 Å². The van der Waals surface area contributed by atoms with E-state index in [9.17, 15) is 5.11 Å². The molecule has 15 heavy (non-hydrogen) atoms. The second-order valence-corrected chi connectivity index (χ2v) is 3.01. The maximum Gasteiger partial charge on any atom is 0.145 e. The number of hydrogen-bond acceptors (Lipinski definition) is 4. The second-order valence-electron chi connectivity index (χ2n) is 3.01. The van der Waals surface area contributed by atoms with Gasteiger partial charge in [0.15, 0.2) is 0 Å². The van der Waals surface area contributed by atoms with Crippen LogP contribution in [0, 0.1) is 0 Å². The third-order valence-electron chi connectivity index (χ3n) is 1.87. The molecule has 0 amide bonds. The van der Waals surface area contributed by atoms with E-state index in [1.807, 2.05) is 0 Å². The summed E-state index contributed by atoms with van der Waals surface area (Å²) in [6.07, 6.45) is 3.25. The topological polar surface area (TPSA) is 68.4 Å².